The number of fused-ring (bicyclic) bond motifs is 1. The van der Waals surface area contributed by atoms with Crippen molar-refractivity contribution >= 4 is 57.8 Å². The van der Waals surface area contributed by atoms with Gasteiger partial charge in [0, 0.05) is 16.0 Å². The summed E-state index contributed by atoms with van der Waals surface area (Å²) in [5.41, 5.74) is 3.78. The van der Waals surface area contributed by atoms with E-state index < -0.39 is 12.0 Å². The standard InChI is InChI=1S/C19H14Cl3N3O2/c1-11(27-17-7-6-14(20)9-15(17)21)19(26)25-23-10-13-8-12-4-2-3-5-16(12)24-18(13)22/h2-11H,1H3,(H,25,26)/b23-10-/t11-/m0/s1. The van der Waals surface area contributed by atoms with Gasteiger partial charge < -0.3 is 4.74 Å². The van der Waals surface area contributed by atoms with Crippen LogP contribution >= 0.6 is 34.8 Å². The number of carbonyl (C=O) groups is 1. The molecule has 0 saturated carbocycles. The number of hydrogen-bond donors (Lipinski definition) is 1. The van der Waals surface area contributed by atoms with Crippen LogP contribution in [0.5, 0.6) is 5.75 Å². The Balaban J connectivity index is 1.65. The monoisotopic (exact) mass is 421 g/mol. The maximum atomic E-state index is 12.1. The summed E-state index contributed by atoms with van der Waals surface area (Å²) in [5, 5.41) is 5.94. The summed E-state index contributed by atoms with van der Waals surface area (Å²) in [6, 6.07) is 14.2. The van der Waals surface area contributed by atoms with Gasteiger partial charge in [-0.25, -0.2) is 10.4 Å². The van der Waals surface area contributed by atoms with Crippen molar-refractivity contribution in [3.63, 3.8) is 0 Å². The van der Waals surface area contributed by atoms with Gasteiger partial charge in [-0.3, -0.25) is 4.79 Å². The minimum absolute atomic E-state index is 0.295. The first-order valence-electron chi connectivity index (χ1n) is 7.94. The van der Waals surface area contributed by atoms with Gasteiger partial charge in [-0.05, 0) is 37.3 Å². The molecule has 0 fully saturated rings. The van der Waals surface area contributed by atoms with Gasteiger partial charge in [0.2, 0.25) is 0 Å². The number of halogens is 3. The number of aromatic nitrogens is 1. The number of rotatable bonds is 5. The van der Waals surface area contributed by atoms with Gasteiger partial charge in [-0.1, -0.05) is 53.0 Å². The molecule has 0 saturated heterocycles. The van der Waals surface area contributed by atoms with Gasteiger partial charge >= 0.3 is 0 Å². The second kappa shape index (κ2) is 8.57. The summed E-state index contributed by atoms with van der Waals surface area (Å²) in [5.74, 6) is -0.0865. The lowest BCUT2D eigenvalue weighted by Gasteiger charge is -2.14. The molecule has 0 unspecified atom stereocenters. The molecule has 0 aliphatic rings. The van der Waals surface area contributed by atoms with Crippen molar-refractivity contribution < 1.29 is 9.53 Å². The third-order valence-electron chi connectivity index (χ3n) is 3.65. The Bertz CT molecular complexity index is 1020. The zero-order chi connectivity index (χ0) is 19.4. The molecule has 0 aliphatic heterocycles. The first-order chi connectivity index (χ1) is 12.9. The van der Waals surface area contributed by atoms with Crippen LogP contribution in [0.1, 0.15) is 12.5 Å². The normalized spacial score (nSPS) is 12.3. The predicted octanol–water partition coefficient (Wildman–Crippen LogP) is 5.11. The molecule has 8 heteroatoms. The van der Waals surface area contributed by atoms with Crippen molar-refractivity contribution in [3.8, 4) is 5.75 Å². The van der Waals surface area contributed by atoms with Crippen LogP contribution in [0.25, 0.3) is 10.9 Å². The highest BCUT2D eigenvalue weighted by Crippen LogP contribution is 2.28. The molecule has 0 radical (unpaired) electrons. The van der Waals surface area contributed by atoms with Crippen LogP contribution < -0.4 is 10.2 Å². The molecule has 3 aromatic rings. The molecule has 1 atom stereocenters. The summed E-state index contributed by atoms with van der Waals surface area (Å²) in [6.07, 6.45) is 0.618. The number of amides is 1. The molecule has 27 heavy (non-hydrogen) atoms. The second-order valence-corrected chi connectivity index (χ2v) is 6.83. The summed E-state index contributed by atoms with van der Waals surface area (Å²) in [6.45, 7) is 1.58. The molecular formula is C19H14Cl3N3O2. The van der Waals surface area contributed by atoms with Crippen molar-refractivity contribution in [1.82, 2.24) is 10.4 Å². The van der Waals surface area contributed by atoms with Crippen LogP contribution in [-0.2, 0) is 4.79 Å². The van der Waals surface area contributed by atoms with Crippen LogP contribution in [0.3, 0.4) is 0 Å². The number of hydrogen-bond acceptors (Lipinski definition) is 4. The smallest absolute Gasteiger partial charge is 0.280 e. The van der Waals surface area contributed by atoms with E-state index in [2.05, 4.69) is 15.5 Å². The highest BCUT2D eigenvalue weighted by atomic mass is 35.5. The number of carbonyl (C=O) groups excluding carboxylic acids is 1. The van der Waals surface area contributed by atoms with Crippen molar-refractivity contribution in [2.45, 2.75) is 13.0 Å². The lowest BCUT2D eigenvalue weighted by atomic mass is 10.2. The molecule has 138 valence electrons. The minimum Gasteiger partial charge on any atom is -0.479 e. The van der Waals surface area contributed by atoms with E-state index in [9.17, 15) is 4.79 Å². The molecule has 3 rings (SSSR count). The molecule has 0 aliphatic carbocycles. The Hall–Kier alpha value is -2.34. The number of nitrogens with zero attached hydrogens (tertiary/aromatic N) is 2. The highest BCUT2D eigenvalue weighted by molar-refractivity contribution is 6.35. The average Bonchev–Trinajstić information content (AvgIpc) is 2.64. The highest BCUT2D eigenvalue weighted by Gasteiger charge is 2.15. The number of benzene rings is 2. The van der Waals surface area contributed by atoms with Crippen molar-refractivity contribution in [3.05, 3.63) is 69.3 Å². The van der Waals surface area contributed by atoms with Crippen LogP contribution in [0.2, 0.25) is 15.2 Å². The van der Waals surface area contributed by atoms with Crippen LogP contribution in [0.15, 0.2) is 53.6 Å². The maximum Gasteiger partial charge on any atom is 0.280 e. The lowest BCUT2D eigenvalue weighted by molar-refractivity contribution is -0.127. The number of para-hydroxylation sites is 1. The fourth-order valence-corrected chi connectivity index (χ4v) is 2.92. The maximum absolute atomic E-state index is 12.1. The van der Waals surface area contributed by atoms with E-state index in [1.165, 1.54) is 12.3 Å². The fourth-order valence-electron chi connectivity index (χ4n) is 2.27. The Labute approximate surface area is 170 Å². The zero-order valence-corrected chi connectivity index (χ0v) is 16.4. The summed E-state index contributed by atoms with van der Waals surface area (Å²) in [7, 11) is 0. The Morgan fingerprint density at radius 1 is 1.19 bits per heavy atom. The molecule has 1 N–H and O–H groups in total. The van der Waals surface area contributed by atoms with E-state index >= 15 is 0 Å². The average molecular weight is 423 g/mol. The molecule has 0 spiro atoms. The molecule has 1 aromatic heterocycles. The van der Waals surface area contributed by atoms with Gasteiger partial charge in [0.1, 0.15) is 10.9 Å². The number of nitrogens with one attached hydrogen (secondary N) is 1. The van der Waals surface area contributed by atoms with Crippen LogP contribution in [-0.4, -0.2) is 23.2 Å². The number of ether oxygens (including phenoxy) is 1. The van der Waals surface area contributed by atoms with Crippen molar-refractivity contribution in [2.24, 2.45) is 5.10 Å². The Morgan fingerprint density at radius 2 is 1.96 bits per heavy atom. The van der Waals surface area contributed by atoms with Crippen LogP contribution in [0.4, 0.5) is 0 Å². The molecule has 1 heterocycles. The summed E-state index contributed by atoms with van der Waals surface area (Å²) in [4.78, 5) is 16.4. The quantitative estimate of drug-likeness (QED) is 0.353. The molecule has 2 aromatic carbocycles. The molecule has 0 bridgehead atoms. The Morgan fingerprint density at radius 3 is 2.74 bits per heavy atom. The van der Waals surface area contributed by atoms with E-state index in [0.717, 1.165) is 10.9 Å². The van der Waals surface area contributed by atoms with Gasteiger partial charge in [-0.15, -0.1) is 0 Å². The molecular weight excluding hydrogens is 409 g/mol. The largest absolute Gasteiger partial charge is 0.479 e. The van der Waals surface area contributed by atoms with Crippen LogP contribution in [0, 0.1) is 0 Å². The van der Waals surface area contributed by atoms with E-state index in [-0.39, 0.29) is 0 Å². The lowest BCUT2D eigenvalue weighted by Crippen LogP contribution is -2.33. The van der Waals surface area contributed by atoms with E-state index in [4.69, 9.17) is 39.5 Å². The number of hydrazone groups is 1. The van der Waals surface area contributed by atoms with E-state index in [0.29, 0.717) is 26.5 Å². The van der Waals surface area contributed by atoms with Crippen molar-refractivity contribution in [1.29, 1.82) is 0 Å². The van der Waals surface area contributed by atoms with Gasteiger partial charge in [0.15, 0.2) is 6.10 Å². The first kappa shape index (κ1) is 19.4. The van der Waals surface area contributed by atoms with Gasteiger partial charge in [0.05, 0.1) is 16.8 Å². The molecule has 1 amide bonds. The zero-order valence-electron chi connectivity index (χ0n) is 14.1. The second-order valence-electron chi connectivity index (χ2n) is 5.63. The Kier molecular flexibility index (Phi) is 6.16. The van der Waals surface area contributed by atoms with E-state index in [1.54, 1.807) is 19.1 Å². The SMILES string of the molecule is C[C@H](Oc1ccc(Cl)cc1Cl)C(=O)N/N=C\c1cc2ccccc2nc1Cl. The first-order valence-corrected chi connectivity index (χ1v) is 9.07. The van der Waals surface area contributed by atoms with Gasteiger partial charge in [-0.2, -0.15) is 5.10 Å². The fraction of sp³-hybridized carbons (Fsp3) is 0.105. The number of pyridine rings is 1. The topological polar surface area (TPSA) is 63.6 Å². The summed E-state index contributed by atoms with van der Waals surface area (Å²) < 4.78 is 5.53. The minimum atomic E-state index is -0.814. The third kappa shape index (κ3) is 4.89. The van der Waals surface area contributed by atoms with Crippen molar-refractivity contribution in [2.75, 3.05) is 0 Å². The van der Waals surface area contributed by atoms with Gasteiger partial charge in [0.25, 0.3) is 5.91 Å². The molecule has 5 nitrogen and oxygen atoms in total. The summed E-state index contributed by atoms with van der Waals surface area (Å²) >= 11 is 18.0. The van der Waals surface area contributed by atoms with E-state index in [1.807, 2.05) is 30.3 Å². The predicted molar refractivity (Wildman–Crippen MR) is 109 cm³/mol. The third-order valence-corrected chi connectivity index (χ3v) is 4.48.